The average molecular weight is 342 g/mol. The number of hydrogen-bond donors (Lipinski definition) is 6. The Balaban J connectivity index is 3.58. The molecule has 132 valence electrons. The highest BCUT2D eigenvalue weighted by Crippen LogP contribution is 2.15. The summed E-state index contributed by atoms with van der Waals surface area (Å²) in [7, 11) is 0. The summed E-state index contributed by atoms with van der Waals surface area (Å²) in [5, 5.41) is 37.0. The fraction of sp³-hybridized carbons (Fsp3) is 0.500. The number of nitrogens with two attached hydrogens (primary N) is 3. The van der Waals surface area contributed by atoms with Crippen LogP contribution in [0.1, 0.15) is 31.3 Å². The zero-order chi connectivity index (χ0) is 18.4. The average Bonchev–Trinajstić information content (AvgIpc) is 2.63. The molecule has 1 aromatic rings. The van der Waals surface area contributed by atoms with Gasteiger partial charge in [0.25, 0.3) is 0 Å². The predicted molar refractivity (Wildman–Crippen MR) is 78.0 cm³/mol. The Morgan fingerprint density at radius 3 is 1.42 bits per heavy atom. The molecule has 9 N–H and O–H groups in total. The molecule has 1 rings (SSSR count). The van der Waals surface area contributed by atoms with Crippen LogP contribution in [0.2, 0.25) is 0 Å². The third-order valence-corrected chi connectivity index (χ3v) is 3.08. The lowest BCUT2D eigenvalue weighted by Gasteiger charge is -2.15. The highest BCUT2D eigenvalue weighted by molar-refractivity contribution is 6.16. The highest BCUT2D eigenvalue weighted by atomic mass is 16.3. The molecule has 0 bridgehead atoms. The lowest BCUT2D eigenvalue weighted by molar-refractivity contribution is 0.0868. The number of ketones is 3. The lowest BCUT2D eigenvalue weighted by atomic mass is 9.94. The van der Waals surface area contributed by atoms with Crippen LogP contribution in [0, 0.1) is 0 Å². The Hall–Kier alpha value is -2.22. The largest absolute Gasteiger partial charge is 0.394 e. The Kier molecular flexibility index (Phi) is 7.09. The molecule has 0 fully saturated rings. The van der Waals surface area contributed by atoms with Crippen LogP contribution >= 0.6 is 0 Å². The van der Waals surface area contributed by atoms with Crippen LogP contribution in [0.4, 0.5) is 0 Å². The van der Waals surface area contributed by atoms with Gasteiger partial charge in [-0.25, -0.2) is 0 Å². The Morgan fingerprint density at radius 1 is 0.750 bits per heavy atom. The Morgan fingerprint density at radius 2 is 1.08 bits per heavy atom. The van der Waals surface area contributed by atoms with Crippen LogP contribution < -0.4 is 17.2 Å². The molecule has 0 amide bonds. The summed E-state index contributed by atoms with van der Waals surface area (Å²) in [6.45, 7) is -2.27. The molecular weight excluding hydrogens is 324 g/mol. The molecule has 0 radical (unpaired) electrons. The zero-order valence-electron chi connectivity index (χ0n) is 12.5. The van der Waals surface area contributed by atoms with Crippen LogP contribution in [0.15, 0.2) is 0 Å². The summed E-state index contributed by atoms with van der Waals surface area (Å²) in [5.74, 6) is -2.97. The number of nitrogens with zero attached hydrogens (tertiary/aromatic N) is 3. The number of Topliss-reactive ketones (excluding diaryl/α,β-unsaturated/α-hetero) is 3. The van der Waals surface area contributed by atoms with E-state index in [9.17, 15) is 14.4 Å². The van der Waals surface area contributed by atoms with E-state index in [1.165, 1.54) is 0 Å². The maximum Gasteiger partial charge on any atom is 0.202 e. The van der Waals surface area contributed by atoms with E-state index in [4.69, 9.17) is 32.5 Å². The number of rotatable bonds is 9. The van der Waals surface area contributed by atoms with Crippen LogP contribution in [0.25, 0.3) is 0 Å². The smallest absolute Gasteiger partial charge is 0.202 e. The number of hydrogen-bond acceptors (Lipinski definition) is 12. The van der Waals surface area contributed by atoms with Crippen molar-refractivity contribution in [1.29, 1.82) is 0 Å². The van der Waals surface area contributed by atoms with Gasteiger partial charge >= 0.3 is 0 Å². The molecule has 0 spiro atoms. The fourth-order valence-electron chi connectivity index (χ4n) is 1.69. The molecule has 3 atom stereocenters. The molecular formula is C12H18N6O6. The maximum absolute atomic E-state index is 12.3. The quantitative estimate of drug-likeness (QED) is 0.233. The first kappa shape index (κ1) is 19.8. The van der Waals surface area contributed by atoms with Gasteiger partial charge in [-0.15, -0.1) is 10.2 Å². The second-order valence-electron chi connectivity index (χ2n) is 4.82. The van der Waals surface area contributed by atoms with E-state index in [0.29, 0.717) is 0 Å². The number of aliphatic hydroxyl groups is 3. The molecule has 12 nitrogen and oxygen atoms in total. The molecule has 24 heavy (non-hydrogen) atoms. The van der Waals surface area contributed by atoms with Crippen LogP contribution in [0.5, 0.6) is 0 Å². The van der Waals surface area contributed by atoms with E-state index in [-0.39, 0.29) is 0 Å². The molecule has 0 aliphatic carbocycles. The number of carbonyl (C=O) groups is 3. The van der Waals surface area contributed by atoms with Gasteiger partial charge in [-0.3, -0.25) is 14.4 Å². The summed E-state index contributed by atoms with van der Waals surface area (Å²) < 4.78 is 0. The van der Waals surface area contributed by atoms with Gasteiger partial charge in [0.15, 0.2) is 5.78 Å². The SMILES string of the molecule is NC(CO)C(=O)c1nnnc(C(=O)C(N)CO)c1C(=O)C(N)CO. The van der Waals surface area contributed by atoms with Gasteiger partial charge in [0.1, 0.15) is 11.4 Å². The van der Waals surface area contributed by atoms with Gasteiger partial charge in [-0.2, -0.15) is 0 Å². The standard InChI is InChI=1S/C12H18N6O6/c13-4(1-19)10(22)7-8(11(23)5(14)2-20)16-18-17-9(7)12(24)6(15)3-21/h4-6,19-21H,1-3,13-15H2. The zero-order valence-corrected chi connectivity index (χ0v) is 12.5. The molecule has 1 aromatic heterocycles. The predicted octanol–water partition coefficient (Wildman–Crippen LogP) is -4.62. The van der Waals surface area contributed by atoms with Crippen molar-refractivity contribution in [3.63, 3.8) is 0 Å². The molecule has 3 unspecified atom stereocenters. The highest BCUT2D eigenvalue weighted by Gasteiger charge is 2.33. The topological polar surface area (TPSA) is 229 Å². The van der Waals surface area contributed by atoms with Crippen molar-refractivity contribution >= 4 is 17.3 Å². The summed E-state index contributed by atoms with van der Waals surface area (Å²) in [4.78, 5) is 36.7. The van der Waals surface area contributed by atoms with E-state index < -0.39 is 72.2 Å². The first-order valence-electron chi connectivity index (χ1n) is 6.75. The van der Waals surface area contributed by atoms with E-state index in [1.807, 2.05) is 0 Å². The van der Waals surface area contributed by atoms with Gasteiger partial charge in [-0.05, 0) is 5.21 Å². The molecule has 0 aromatic carbocycles. The van der Waals surface area contributed by atoms with E-state index in [1.54, 1.807) is 0 Å². The second kappa shape index (κ2) is 8.58. The summed E-state index contributed by atoms with van der Waals surface area (Å²) in [6, 6.07) is -4.31. The van der Waals surface area contributed by atoms with E-state index in [0.717, 1.165) is 0 Å². The van der Waals surface area contributed by atoms with Crippen molar-refractivity contribution in [2.24, 2.45) is 17.2 Å². The number of aromatic nitrogens is 3. The summed E-state index contributed by atoms with van der Waals surface area (Å²) in [6.07, 6.45) is 0. The van der Waals surface area contributed by atoms with Gasteiger partial charge in [0, 0.05) is 0 Å². The summed E-state index contributed by atoms with van der Waals surface area (Å²) >= 11 is 0. The normalized spacial score (nSPS) is 14.8. The summed E-state index contributed by atoms with van der Waals surface area (Å²) in [5.41, 5.74) is 14.4. The number of aliphatic hydroxyl groups excluding tert-OH is 3. The van der Waals surface area contributed by atoms with Gasteiger partial charge in [-0.1, -0.05) is 0 Å². The van der Waals surface area contributed by atoms with Crippen molar-refractivity contribution < 1.29 is 29.7 Å². The molecule has 0 saturated carbocycles. The lowest BCUT2D eigenvalue weighted by Crippen LogP contribution is -2.42. The van der Waals surface area contributed by atoms with E-state index in [2.05, 4.69) is 15.4 Å². The van der Waals surface area contributed by atoms with Crippen molar-refractivity contribution in [2.45, 2.75) is 18.1 Å². The second-order valence-corrected chi connectivity index (χ2v) is 4.82. The first-order chi connectivity index (χ1) is 11.3. The van der Waals surface area contributed by atoms with Crippen molar-refractivity contribution in [1.82, 2.24) is 15.4 Å². The molecule has 1 heterocycles. The minimum Gasteiger partial charge on any atom is -0.394 e. The van der Waals surface area contributed by atoms with E-state index >= 15 is 0 Å². The monoisotopic (exact) mass is 342 g/mol. The molecule has 12 heteroatoms. The van der Waals surface area contributed by atoms with Crippen LogP contribution in [0.3, 0.4) is 0 Å². The van der Waals surface area contributed by atoms with Crippen molar-refractivity contribution in [3.8, 4) is 0 Å². The van der Waals surface area contributed by atoms with Gasteiger partial charge in [0.2, 0.25) is 11.6 Å². The first-order valence-corrected chi connectivity index (χ1v) is 6.75. The number of carbonyl (C=O) groups excluding carboxylic acids is 3. The molecule has 0 saturated heterocycles. The van der Waals surface area contributed by atoms with Crippen molar-refractivity contribution in [3.05, 3.63) is 17.0 Å². The van der Waals surface area contributed by atoms with Crippen LogP contribution in [-0.2, 0) is 0 Å². The Bertz CT molecular complexity index is 598. The third-order valence-electron chi connectivity index (χ3n) is 3.08. The third kappa shape index (κ3) is 4.00. The Labute approximate surface area is 135 Å². The minimum absolute atomic E-state index is 0.616. The minimum atomic E-state index is -1.47. The molecule has 0 aliphatic rings. The van der Waals surface area contributed by atoms with Gasteiger partial charge < -0.3 is 32.5 Å². The van der Waals surface area contributed by atoms with Crippen LogP contribution in [-0.4, -0.2) is 86.0 Å². The maximum atomic E-state index is 12.3. The van der Waals surface area contributed by atoms with Gasteiger partial charge in [0.05, 0.1) is 43.5 Å². The molecule has 0 aliphatic heterocycles. The fourth-order valence-corrected chi connectivity index (χ4v) is 1.69. The van der Waals surface area contributed by atoms with Crippen molar-refractivity contribution in [2.75, 3.05) is 19.8 Å².